The summed E-state index contributed by atoms with van der Waals surface area (Å²) in [5.41, 5.74) is 0.543. The van der Waals surface area contributed by atoms with E-state index in [0.29, 0.717) is 11.5 Å². The second-order valence-corrected chi connectivity index (χ2v) is 8.85. The van der Waals surface area contributed by atoms with Crippen LogP contribution in [0.5, 0.6) is 0 Å². The average molecular weight is 361 g/mol. The zero-order valence-corrected chi connectivity index (χ0v) is 15.0. The van der Waals surface area contributed by atoms with Crippen molar-refractivity contribution in [1.29, 1.82) is 0 Å². The molecule has 1 saturated heterocycles. The van der Waals surface area contributed by atoms with E-state index in [0.717, 1.165) is 25.4 Å². The van der Waals surface area contributed by atoms with Crippen LogP contribution in [-0.4, -0.2) is 44.7 Å². The number of nitrogens with one attached hydrogen (secondary N) is 1. The second kappa shape index (κ2) is 6.44. The first-order valence-electron chi connectivity index (χ1n) is 8.99. The van der Waals surface area contributed by atoms with Crippen LogP contribution in [0, 0.1) is 11.8 Å². The minimum atomic E-state index is -3.55. The van der Waals surface area contributed by atoms with Gasteiger partial charge in [-0.25, -0.2) is 8.42 Å². The van der Waals surface area contributed by atoms with Crippen LogP contribution in [0.4, 0.5) is 0 Å². The summed E-state index contributed by atoms with van der Waals surface area (Å²) in [4.78, 5) is 19.0. The molecule has 0 aromatic heterocycles. The summed E-state index contributed by atoms with van der Waals surface area (Å²) in [5.74, 6) is 1.67. The molecule has 1 saturated carbocycles. The van der Waals surface area contributed by atoms with Gasteiger partial charge in [0.15, 0.2) is 0 Å². The van der Waals surface area contributed by atoms with Crippen LogP contribution in [0.25, 0.3) is 0 Å². The molecule has 1 N–H and O–H groups in total. The van der Waals surface area contributed by atoms with Crippen LogP contribution in [0.1, 0.15) is 37.7 Å². The molecule has 134 valence electrons. The third-order valence-corrected chi connectivity index (χ3v) is 7.08. The third-order valence-electron chi connectivity index (χ3n) is 5.68. The smallest absolute Gasteiger partial charge is 0.263 e. The summed E-state index contributed by atoms with van der Waals surface area (Å²) in [7, 11) is -3.55. The summed E-state index contributed by atoms with van der Waals surface area (Å²) < 4.78 is 26.6. The molecule has 4 rings (SSSR count). The van der Waals surface area contributed by atoms with Gasteiger partial charge in [-0.2, -0.15) is 0 Å². The number of benzene rings is 1. The first kappa shape index (κ1) is 16.6. The number of rotatable bonds is 2. The number of carbonyl (C=O) groups is 1. The third kappa shape index (κ3) is 3.17. The van der Waals surface area contributed by atoms with Crippen LogP contribution < -0.4 is 4.72 Å². The van der Waals surface area contributed by atoms with Crippen molar-refractivity contribution in [2.24, 2.45) is 16.8 Å². The van der Waals surface area contributed by atoms with Gasteiger partial charge in [-0.15, -0.1) is 0 Å². The number of sulfonamides is 1. The minimum absolute atomic E-state index is 0.0103. The number of fused-ring (bicyclic) bond motifs is 2. The molecule has 0 radical (unpaired) electrons. The van der Waals surface area contributed by atoms with Crippen molar-refractivity contribution in [3.63, 3.8) is 0 Å². The molecule has 2 atom stereocenters. The van der Waals surface area contributed by atoms with E-state index < -0.39 is 10.0 Å². The zero-order valence-electron chi connectivity index (χ0n) is 14.1. The van der Waals surface area contributed by atoms with Crippen molar-refractivity contribution >= 4 is 21.8 Å². The molecule has 2 fully saturated rings. The molecule has 1 aliphatic carbocycles. The Bertz CT molecular complexity index is 819. The fourth-order valence-corrected chi connectivity index (χ4v) is 5.58. The molecule has 0 spiro atoms. The van der Waals surface area contributed by atoms with Crippen LogP contribution >= 0.6 is 0 Å². The number of aliphatic imine (C=N–C) groups is 1. The Morgan fingerprint density at radius 2 is 1.92 bits per heavy atom. The number of carbonyl (C=O) groups excluding carboxylic acids is 1. The summed E-state index contributed by atoms with van der Waals surface area (Å²) in [6, 6.07) is 6.71. The molecule has 6 nitrogen and oxygen atoms in total. The predicted molar refractivity (Wildman–Crippen MR) is 94.8 cm³/mol. The lowest BCUT2D eigenvalue weighted by molar-refractivity contribution is -0.132. The van der Waals surface area contributed by atoms with Gasteiger partial charge in [0.1, 0.15) is 12.4 Å². The molecule has 7 heteroatoms. The van der Waals surface area contributed by atoms with Gasteiger partial charge in [-0.05, 0) is 36.8 Å². The lowest BCUT2D eigenvalue weighted by Gasteiger charge is -2.41. The molecule has 25 heavy (non-hydrogen) atoms. The molecule has 2 heterocycles. The Kier molecular flexibility index (Phi) is 4.27. The molecular formula is C18H23N3O3S. The largest absolute Gasteiger partial charge is 0.341 e. The van der Waals surface area contributed by atoms with Crippen LogP contribution in [-0.2, 0) is 14.8 Å². The zero-order chi connectivity index (χ0) is 17.4. The first-order valence-corrected chi connectivity index (χ1v) is 10.5. The van der Waals surface area contributed by atoms with E-state index in [2.05, 4.69) is 9.71 Å². The standard InChI is InChI=1S/C18H23N3O3S/c22-17(21-10-9-13-5-1-2-6-14(13)12-21)11-19-18-15-7-3-4-8-16(15)25(23,24)20-18/h3-4,7-8,13-14H,1-2,5-6,9-12H2,(H,19,20)/t13-,14-/m1/s1. The SMILES string of the molecule is O=C(CN=C1NS(=O)(=O)c2ccccc21)N1CC[C@H]2CCCC[C@@H]2C1. The van der Waals surface area contributed by atoms with E-state index in [1.807, 2.05) is 4.90 Å². The maximum absolute atomic E-state index is 12.5. The number of piperidine rings is 1. The highest BCUT2D eigenvalue weighted by Crippen LogP contribution is 2.36. The van der Waals surface area contributed by atoms with Crippen LogP contribution in [0.2, 0.25) is 0 Å². The Morgan fingerprint density at radius 1 is 1.16 bits per heavy atom. The van der Waals surface area contributed by atoms with Crippen LogP contribution in [0.15, 0.2) is 34.2 Å². The highest BCUT2D eigenvalue weighted by molar-refractivity contribution is 7.90. The normalized spacial score (nSPS) is 29.0. The Morgan fingerprint density at radius 3 is 2.76 bits per heavy atom. The van der Waals surface area contributed by atoms with E-state index in [1.54, 1.807) is 24.3 Å². The fraction of sp³-hybridized carbons (Fsp3) is 0.556. The number of likely N-dealkylation sites (tertiary alicyclic amines) is 1. The molecule has 3 aliphatic rings. The van der Waals surface area contributed by atoms with Gasteiger partial charge in [0.25, 0.3) is 10.0 Å². The number of amidine groups is 1. The van der Waals surface area contributed by atoms with Crippen molar-refractivity contribution in [3.05, 3.63) is 29.8 Å². The lowest BCUT2D eigenvalue weighted by Crippen LogP contribution is -2.45. The Labute approximate surface area is 148 Å². The van der Waals surface area contributed by atoms with Gasteiger partial charge in [0.2, 0.25) is 5.91 Å². The van der Waals surface area contributed by atoms with Gasteiger partial charge < -0.3 is 4.90 Å². The van der Waals surface area contributed by atoms with Gasteiger partial charge in [0, 0.05) is 18.7 Å². The maximum atomic E-state index is 12.5. The molecule has 2 aliphatic heterocycles. The molecule has 1 amide bonds. The summed E-state index contributed by atoms with van der Waals surface area (Å²) in [6.45, 7) is 1.62. The topological polar surface area (TPSA) is 78.8 Å². The fourth-order valence-electron chi connectivity index (χ4n) is 4.33. The van der Waals surface area contributed by atoms with Gasteiger partial charge in [-0.3, -0.25) is 14.5 Å². The first-order chi connectivity index (χ1) is 12.0. The minimum Gasteiger partial charge on any atom is -0.341 e. The van der Waals surface area contributed by atoms with E-state index in [1.165, 1.54) is 25.7 Å². The summed E-state index contributed by atoms with van der Waals surface area (Å²) >= 11 is 0. The van der Waals surface area contributed by atoms with Gasteiger partial charge in [-0.1, -0.05) is 31.4 Å². The average Bonchev–Trinajstić information content (AvgIpc) is 2.90. The quantitative estimate of drug-likeness (QED) is 0.872. The molecule has 0 unspecified atom stereocenters. The van der Waals surface area contributed by atoms with E-state index in [9.17, 15) is 13.2 Å². The second-order valence-electron chi connectivity index (χ2n) is 7.20. The van der Waals surface area contributed by atoms with Gasteiger partial charge >= 0.3 is 0 Å². The summed E-state index contributed by atoms with van der Waals surface area (Å²) in [6.07, 6.45) is 6.19. The molecule has 1 aromatic carbocycles. The van der Waals surface area contributed by atoms with E-state index in [-0.39, 0.29) is 23.2 Å². The number of hydrogen-bond acceptors (Lipinski definition) is 4. The van der Waals surface area contributed by atoms with Crippen molar-refractivity contribution in [1.82, 2.24) is 9.62 Å². The number of hydrogen-bond donors (Lipinski definition) is 1. The predicted octanol–water partition coefficient (Wildman–Crippen LogP) is 1.76. The highest BCUT2D eigenvalue weighted by atomic mass is 32.2. The van der Waals surface area contributed by atoms with Crippen molar-refractivity contribution < 1.29 is 13.2 Å². The molecule has 1 aromatic rings. The highest BCUT2D eigenvalue weighted by Gasteiger charge is 2.33. The Balaban J connectivity index is 1.45. The molecule has 0 bridgehead atoms. The summed E-state index contributed by atoms with van der Waals surface area (Å²) in [5, 5.41) is 0. The van der Waals surface area contributed by atoms with Crippen molar-refractivity contribution in [2.75, 3.05) is 19.6 Å². The number of nitrogens with zero attached hydrogens (tertiary/aromatic N) is 2. The maximum Gasteiger partial charge on any atom is 0.263 e. The van der Waals surface area contributed by atoms with Crippen molar-refractivity contribution in [2.45, 2.75) is 37.0 Å². The monoisotopic (exact) mass is 361 g/mol. The number of amides is 1. The van der Waals surface area contributed by atoms with Crippen molar-refractivity contribution in [3.8, 4) is 0 Å². The Hall–Kier alpha value is -1.89. The lowest BCUT2D eigenvalue weighted by atomic mass is 9.75. The van der Waals surface area contributed by atoms with Crippen LogP contribution in [0.3, 0.4) is 0 Å². The van der Waals surface area contributed by atoms with E-state index in [4.69, 9.17) is 0 Å². The molecular weight excluding hydrogens is 338 g/mol. The van der Waals surface area contributed by atoms with E-state index >= 15 is 0 Å². The van der Waals surface area contributed by atoms with Gasteiger partial charge in [0.05, 0.1) is 4.90 Å².